The van der Waals surface area contributed by atoms with E-state index < -0.39 is 32.3 Å². The van der Waals surface area contributed by atoms with Crippen LogP contribution in [0.25, 0.3) is 12.2 Å². The van der Waals surface area contributed by atoms with E-state index in [1.807, 2.05) is 187 Å². The summed E-state index contributed by atoms with van der Waals surface area (Å²) in [6, 6.07) is 39.2. The van der Waals surface area contributed by atoms with Gasteiger partial charge in [0.1, 0.15) is 11.0 Å². The number of carbonyl (C=O) groups excluding carboxylic acids is 2. The Kier molecular flexibility index (Phi) is 19.0. The number of amides is 2. The Morgan fingerprint density at radius 1 is 0.650 bits per heavy atom. The average Bonchev–Trinajstić information content (AvgIpc) is 3.28. The van der Waals surface area contributed by atoms with Crippen molar-refractivity contribution in [1.82, 2.24) is 14.5 Å². The second-order valence-electron chi connectivity index (χ2n) is 16.0. The Labute approximate surface area is 362 Å². The Balaban J connectivity index is 0.000000230. The monoisotopic (exact) mass is 852 g/mol. The van der Waals surface area contributed by atoms with Crippen molar-refractivity contribution in [2.75, 3.05) is 52.6 Å². The Morgan fingerprint density at radius 2 is 1.12 bits per heavy atom. The van der Waals surface area contributed by atoms with E-state index in [0.29, 0.717) is 39.5 Å². The van der Waals surface area contributed by atoms with Crippen molar-refractivity contribution in [2.24, 2.45) is 4.40 Å². The van der Waals surface area contributed by atoms with Crippen molar-refractivity contribution < 1.29 is 27.5 Å². The van der Waals surface area contributed by atoms with Gasteiger partial charge in [-0.05, 0) is 70.4 Å². The minimum atomic E-state index is -1.47. The van der Waals surface area contributed by atoms with Gasteiger partial charge in [0.05, 0.1) is 52.6 Å². The van der Waals surface area contributed by atoms with E-state index in [2.05, 4.69) is 9.12 Å². The van der Waals surface area contributed by atoms with Gasteiger partial charge >= 0.3 is 0 Å². The molecule has 0 unspecified atom stereocenters. The van der Waals surface area contributed by atoms with E-state index in [0.717, 1.165) is 47.5 Å². The van der Waals surface area contributed by atoms with E-state index in [-0.39, 0.29) is 10.7 Å². The minimum absolute atomic E-state index is 0.123. The number of ether oxygens (including phenoxy) is 2. The number of carbonyl (C=O) groups is 2. The van der Waals surface area contributed by atoms with Gasteiger partial charge in [-0.15, -0.1) is 0 Å². The van der Waals surface area contributed by atoms with Crippen LogP contribution >= 0.6 is 0 Å². The summed E-state index contributed by atoms with van der Waals surface area (Å²) in [6.07, 6.45) is 8.54. The fourth-order valence-corrected chi connectivity index (χ4v) is 7.16. The summed E-state index contributed by atoms with van der Waals surface area (Å²) in [4.78, 5) is 27.5. The van der Waals surface area contributed by atoms with Crippen molar-refractivity contribution >= 4 is 52.2 Å². The van der Waals surface area contributed by atoms with E-state index in [4.69, 9.17) is 9.47 Å². The van der Waals surface area contributed by atoms with Crippen molar-refractivity contribution in [3.63, 3.8) is 0 Å². The molecule has 0 saturated carbocycles. The van der Waals surface area contributed by atoms with Crippen molar-refractivity contribution in [2.45, 2.75) is 56.6 Å². The van der Waals surface area contributed by atoms with E-state index in [9.17, 15) is 18.0 Å². The van der Waals surface area contributed by atoms with Gasteiger partial charge < -0.3 is 19.3 Å². The summed E-state index contributed by atoms with van der Waals surface area (Å²) >= 11 is 0. The molecule has 4 aromatic rings. The first-order valence-electron chi connectivity index (χ1n) is 20.2. The number of allylic oxidation sites excluding steroid dienone is 1. The minimum Gasteiger partial charge on any atom is -0.378 e. The molecule has 0 spiro atoms. The summed E-state index contributed by atoms with van der Waals surface area (Å²) in [5.41, 5.74) is 3.26. The van der Waals surface area contributed by atoms with Gasteiger partial charge in [-0.2, -0.15) is 4.40 Å². The van der Waals surface area contributed by atoms with Crippen LogP contribution in [0, 0.1) is 0 Å². The zero-order valence-electron chi connectivity index (χ0n) is 35.7. The van der Waals surface area contributed by atoms with Crippen molar-refractivity contribution in [3.05, 3.63) is 156 Å². The smallest absolute Gasteiger partial charge is 0.252 e. The zero-order chi connectivity index (χ0) is 43.4. The van der Waals surface area contributed by atoms with E-state index in [1.54, 1.807) is 9.80 Å². The fourth-order valence-electron chi connectivity index (χ4n) is 5.67. The normalized spacial score (nSPS) is 17.1. The maximum absolute atomic E-state index is 13.9. The molecule has 1 N–H and O–H groups in total. The number of nitrogens with one attached hydrogen (secondary N) is 1. The van der Waals surface area contributed by atoms with Crippen LogP contribution in [-0.2, 0) is 46.6 Å². The number of hydrogen-bond donors (Lipinski definition) is 1. The van der Waals surface area contributed by atoms with Crippen molar-refractivity contribution in [1.29, 1.82) is 0 Å². The molecule has 6 rings (SSSR count). The summed E-state index contributed by atoms with van der Waals surface area (Å²) in [7, 11) is -2.76. The molecular weight excluding hydrogens is 793 g/mol. The number of hydrogen-bond acceptors (Lipinski definition) is 6. The molecule has 60 heavy (non-hydrogen) atoms. The fraction of sp³-hybridized carbons (Fsp3) is 0.354. The standard InChI is InChI=1S/C24H30N2O3S.C19H21NOS.C5H9NO2/c1-23(2,3)30(28)25-24(21-12-8-5-9-13-21,15-14-20-10-6-4-7-11-20)22(27)26-16-18-29-19-17-26;1-19(2,3)22(21)20-18(17-12-8-5-9-13-17)15-14-16-10-6-4-7-11-16;7-5-6-1-3-8-4-2-6/h4-15,25H,16-19H2,1-3H3;4-15H,1-3H3;5H,1-4H2/b15-14+;15-14+,20-18?;/t24-,30-;22-;/m00./s1. The van der Waals surface area contributed by atoms with Gasteiger partial charge in [0.15, 0.2) is 5.54 Å². The summed E-state index contributed by atoms with van der Waals surface area (Å²) in [5, 5.41) is 0. The highest BCUT2D eigenvalue weighted by Crippen LogP contribution is 2.30. The molecule has 0 bridgehead atoms. The lowest BCUT2D eigenvalue weighted by molar-refractivity contribution is -0.140. The first-order valence-corrected chi connectivity index (χ1v) is 22.4. The van der Waals surface area contributed by atoms with Crippen molar-refractivity contribution in [3.8, 4) is 0 Å². The second kappa shape index (κ2) is 23.8. The van der Waals surface area contributed by atoms with Gasteiger partial charge in [-0.25, -0.2) is 13.1 Å². The average molecular weight is 853 g/mol. The third-order valence-corrected chi connectivity index (χ3v) is 12.2. The van der Waals surface area contributed by atoms with Gasteiger partial charge in [-0.1, -0.05) is 133 Å². The highest BCUT2D eigenvalue weighted by atomic mass is 32.2. The molecule has 2 heterocycles. The second-order valence-corrected chi connectivity index (χ2v) is 19.9. The maximum atomic E-state index is 13.9. The molecule has 12 heteroatoms. The predicted octanol–water partition coefficient (Wildman–Crippen LogP) is 7.63. The molecule has 4 aromatic carbocycles. The van der Waals surface area contributed by atoms with Crippen LogP contribution in [0.5, 0.6) is 0 Å². The largest absolute Gasteiger partial charge is 0.378 e. The number of benzene rings is 4. The summed E-state index contributed by atoms with van der Waals surface area (Å²) in [5.74, 6) is -0.123. The predicted molar refractivity (Wildman–Crippen MR) is 247 cm³/mol. The van der Waals surface area contributed by atoms with Gasteiger partial charge in [0.25, 0.3) is 5.91 Å². The first kappa shape index (κ1) is 47.8. The molecule has 2 saturated heterocycles. The molecule has 2 aliphatic heterocycles. The van der Waals surface area contributed by atoms with Crippen LogP contribution in [-0.4, -0.2) is 98.3 Å². The highest BCUT2D eigenvalue weighted by molar-refractivity contribution is 7.85. The molecule has 2 fully saturated rings. The topological polar surface area (TPSA) is 118 Å². The van der Waals surface area contributed by atoms with Gasteiger partial charge in [0, 0.05) is 31.7 Å². The third-order valence-electron chi connectivity index (χ3n) is 9.20. The van der Waals surface area contributed by atoms with Gasteiger partial charge in [0.2, 0.25) is 6.41 Å². The number of rotatable bonds is 11. The molecule has 0 aliphatic carbocycles. The van der Waals surface area contributed by atoms with Crippen LogP contribution in [0.1, 0.15) is 63.8 Å². The SMILES string of the molecule is CC(C)(C)[S@](=O)N=C(/C=C/c1ccccc1)c1ccccc1.CC(C)(C)[S@](=O)N[C@](/C=C/c1ccccc1)(C(=O)N1CCOCC1)c1ccccc1.O=CN1CCOCC1. The Hall–Kier alpha value is -4.85. The van der Waals surface area contributed by atoms with Crippen LogP contribution in [0.3, 0.4) is 0 Å². The number of nitrogens with zero attached hydrogens (tertiary/aromatic N) is 3. The van der Waals surface area contributed by atoms with E-state index >= 15 is 0 Å². The van der Waals surface area contributed by atoms with Gasteiger partial charge in [-0.3, -0.25) is 9.59 Å². The first-order chi connectivity index (χ1) is 28.7. The highest BCUT2D eigenvalue weighted by Gasteiger charge is 2.44. The molecule has 0 aromatic heterocycles. The molecule has 320 valence electrons. The maximum Gasteiger partial charge on any atom is 0.252 e. The summed E-state index contributed by atoms with van der Waals surface area (Å²) in [6.45, 7) is 16.4. The molecule has 10 nitrogen and oxygen atoms in total. The molecule has 2 aliphatic rings. The zero-order valence-corrected chi connectivity index (χ0v) is 37.3. The lowest BCUT2D eigenvalue weighted by Gasteiger charge is -2.39. The lowest BCUT2D eigenvalue weighted by Crippen LogP contribution is -2.58. The molecular formula is C48H60N4O6S2. The third kappa shape index (κ3) is 15.3. The van der Waals surface area contributed by atoms with Crippen LogP contribution in [0.2, 0.25) is 0 Å². The number of morpholine rings is 2. The van der Waals surface area contributed by atoms with Crippen LogP contribution < -0.4 is 4.72 Å². The van der Waals surface area contributed by atoms with Crippen LogP contribution in [0.15, 0.2) is 138 Å². The lowest BCUT2D eigenvalue weighted by atomic mass is 9.88. The molecule has 0 radical (unpaired) electrons. The molecule has 3 atom stereocenters. The Morgan fingerprint density at radius 3 is 1.58 bits per heavy atom. The molecule has 2 amide bonds. The Bertz CT molecular complexity index is 2040. The van der Waals surface area contributed by atoms with Crippen LogP contribution in [0.4, 0.5) is 0 Å². The quantitative estimate of drug-likeness (QED) is 0.123. The van der Waals surface area contributed by atoms with E-state index in [1.165, 1.54) is 0 Å². The summed E-state index contributed by atoms with van der Waals surface area (Å²) < 4.78 is 42.7.